The lowest BCUT2D eigenvalue weighted by atomic mass is 10.1. The first-order valence-corrected chi connectivity index (χ1v) is 6.81. The van der Waals surface area contributed by atoms with Crippen LogP contribution in [0.2, 0.25) is 0 Å². The standard InChI is InChI=1S/C11H10N6OS/c1-6-8(14-4-13-6)2-12-7(1)11-16-10(17-18-11)9-3-19-5-15-9/h3-5,7,12H,1-2H2,(H,13,14). The summed E-state index contributed by atoms with van der Waals surface area (Å²) in [5, 5.41) is 9.22. The number of imidazole rings is 1. The first-order chi connectivity index (χ1) is 9.40. The summed E-state index contributed by atoms with van der Waals surface area (Å²) in [5.41, 5.74) is 4.67. The molecule has 1 atom stereocenters. The fraction of sp³-hybridized carbons (Fsp3) is 0.273. The molecule has 2 N–H and O–H groups in total. The number of aromatic nitrogens is 5. The van der Waals surface area contributed by atoms with Crippen LogP contribution in [0.4, 0.5) is 0 Å². The second kappa shape index (κ2) is 4.25. The zero-order chi connectivity index (χ0) is 12.7. The number of hydrogen-bond acceptors (Lipinski definition) is 7. The highest BCUT2D eigenvalue weighted by Crippen LogP contribution is 2.24. The molecule has 0 radical (unpaired) electrons. The van der Waals surface area contributed by atoms with Gasteiger partial charge in [0.2, 0.25) is 11.7 Å². The Labute approximate surface area is 112 Å². The van der Waals surface area contributed by atoms with Gasteiger partial charge in [-0.25, -0.2) is 9.97 Å². The lowest BCUT2D eigenvalue weighted by Gasteiger charge is -2.19. The smallest absolute Gasteiger partial charge is 0.244 e. The molecule has 0 saturated heterocycles. The van der Waals surface area contributed by atoms with Gasteiger partial charge in [0.05, 0.1) is 29.3 Å². The molecule has 3 aromatic rings. The number of nitrogens with one attached hydrogen (secondary N) is 2. The summed E-state index contributed by atoms with van der Waals surface area (Å²) in [6.07, 6.45) is 2.46. The van der Waals surface area contributed by atoms with Crippen LogP contribution < -0.4 is 5.32 Å². The van der Waals surface area contributed by atoms with Crippen molar-refractivity contribution in [1.82, 2.24) is 30.4 Å². The van der Waals surface area contributed by atoms with Crippen LogP contribution in [-0.4, -0.2) is 25.1 Å². The van der Waals surface area contributed by atoms with Crippen molar-refractivity contribution in [2.45, 2.75) is 19.0 Å². The van der Waals surface area contributed by atoms with Gasteiger partial charge < -0.3 is 9.51 Å². The number of fused-ring (bicyclic) bond motifs is 1. The molecule has 0 amide bonds. The van der Waals surface area contributed by atoms with Gasteiger partial charge in [-0.05, 0) is 0 Å². The molecule has 0 fully saturated rings. The van der Waals surface area contributed by atoms with Crippen LogP contribution in [0.3, 0.4) is 0 Å². The maximum Gasteiger partial charge on any atom is 0.244 e. The molecule has 96 valence electrons. The normalized spacial score (nSPS) is 18.4. The van der Waals surface area contributed by atoms with Crippen LogP contribution in [0.5, 0.6) is 0 Å². The van der Waals surface area contributed by atoms with E-state index in [-0.39, 0.29) is 6.04 Å². The van der Waals surface area contributed by atoms with E-state index in [1.807, 2.05) is 5.38 Å². The quantitative estimate of drug-likeness (QED) is 0.731. The molecule has 1 aliphatic rings. The monoisotopic (exact) mass is 274 g/mol. The number of thiazole rings is 1. The molecule has 0 aliphatic carbocycles. The third-order valence-corrected chi connectivity index (χ3v) is 3.72. The maximum atomic E-state index is 5.32. The molecule has 7 nitrogen and oxygen atoms in total. The minimum atomic E-state index is 0.00989. The molecule has 4 heterocycles. The summed E-state index contributed by atoms with van der Waals surface area (Å²) in [5.74, 6) is 1.11. The average Bonchev–Trinajstić information content (AvgIpc) is 3.18. The third-order valence-electron chi connectivity index (χ3n) is 3.13. The van der Waals surface area contributed by atoms with E-state index < -0.39 is 0 Å². The summed E-state index contributed by atoms with van der Waals surface area (Å²) in [6.45, 7) is 0.731. The highest BCUT2D eigenvalue weighted by atomic mass is 32.1. The van der Waals surface area contributed by atoms with Crippen molar-refractivity contribution in [2.24, 2.45) is 0 Å². The Morgan fingerprint density at radius 1 is 1.37 bits per heavy atom. The van der Waals surface area contributed by atoms with Crippen molar-refractivity contribution < 1.29 is 4.52 Å². The van der Waals surface area contributed by atoms with Crippen LogP contribution in [0, 0.1) is 0 Å². The largest absolute Gasteiger partial charge is 0.347 e. The molecule has 0 spiro atoms. The van der Waals surface area contributed by atoms with Crippen LogP contribution in [0.25, 0.3) is 11.5 Å². The van der Waals surface area contributed by atoms with E-state index in [2.05, 4.69) is 30.4 Å². The van der Waals surface area contributed by atoms with Gasteiger partial charge in [-0.2, -0.15) is 4.98 Å². The Balaban J connectivity index is 1.61. The van der Waals surface area contributed by atoms with Gasteiger partial charge in [0, 0.05) is 18.3 Å². The Bertz CT molecular complexity index is 688. The zero-order valence-corrected chi connectivity index (χ0v) is 10.6. The van der Waals surface area contributed by atoms with E-state index in [0.29, 0.717) is 11.7 Å². The predicted molar refractivity (Wildman–Crippen MR) is 67.3 cm³/mol. The van der Waals surface area contributed by atoms with Crippen LogP contribution >= 0.6 is 11.3 Å². The fourth-order valence-corrected chi connectivity index (χ4v) is 2.68. The first kappa shape index (κ1) is 10.8. The summed E-state index contributed by atoms with van der Waals surface area (Å²) >= 11 is 1.51. The Morgan fingerprint density at radius 2 is 2.37 bits per heavy atom. The molecule has 0 aromatic carbocycles. The van der Waals surface area contributed by atoms with Gasteiger partial charge in [0.25, 0.3) is 0 Å². The van der Waals surface area contributed by atoms with Crippen LogP contribution in [0.15, 0.2) is 21.7 Å². The first-order valence-electron chi connectivity index (χ1n) is 5.87. The SMILES string of the molecule is c1nc2c([nH]1)CNC(c1nc(-c3cscn3)no1)C2. The maximum absolute atomic E-state index is 5.32. The van der Waals surface area contributed by atoms with Gasteiger partial charge in [-0.15, -0.1) is 11.3 Å². The van der Waals surface area contributed by atoms with Crippen molar-refractivity contribution in [3.05, 3.63) is 34.5 Å². The lowest BCUT2D eigenvalue weighted by Crippen LogP contribution is -2.28. The molecule has 1 aliphatic heterocycles. The van der Waals surface area contributed by atoms with Gasteiger partial charge in [-0.3, -0.25) is 5.32 Å². The number of hydrogen-bond donors (Lipinski definition) is 2. The van der Waals surface area contributed by atoms with Gasteiger partial charge >= 0.3 is 0 Å². The van der Waals surface area contributed by atoms with Gasteiger partial charge in [0.1, 0.15) is 5.69 Å². The van der Waals surface area contributed by atoms with Crippen LogP contribution in [0.1, 0.15) is 23.3 Å². The van der Waals surface area contributed by atoms with Gasteiger partial charge in [-0.1, -0.05) is 5.16 Å². The molecular weight excluding hydrogens is 264 g/mol. The molecule has 1 unspecified atom stereocenters. The molecule has 0 saturated carbocycles. The topological polar surface area (TPSA) is 92.5 Å². The lowest BCUT2D eigenvalue weighted by molar-refractivity contribution is 0.319. The summed E-state index contributed by atoms with van der Waals surface area (Å²) in [7, 11) is 0. The van der Waals surface area contributed by atoms with E-state index in [0.717, 1.165) is 30.0 Å². The van der Waals surface area contributed by atoms with E-state index in [1.54, 1.807) is 11.8 Å². The van der Waals surface area contributed by atoms with E-state index >= 15 is 0 Å². The number of H-pyrrole nitrogens is 1. The highest BCUT2D eigenvalue weighted by molar-refractivity contribution is 7.07. The van der Waals surface area contributed by atoms with Crippen molar-refractivity contribution in [2.75, 3.05) is 0 Å². The van der Waals surface area contributed by atoms with Crippen molar-refractivity contribution in [3.8, 4) is 11.5 Å². The molecular formula is C11H10N6OS. The molecule has 0 bridgehead atoms. The second-order valence-corrected chi connectivity index (χ2v) is 5.01. The summed E-state index contributed by atoms with van der Waals surface area (Å²) < 4.78 is 5.32. The molecule has 4 rings (SSSR count). The Hall–Kier alpha value is -2.06. The molecule has 3 aromatic heterocycles. The predicted octanol–water partition coefficient (Wildman–Crippen LogP) is 1.30. The fourth-order valence-electron chi connectivity index (χ4n) is 2.15. The number of nitrogens with zero attached hydrogens (tertiary/aromatic N) is 4. The Morgan fingerprint density at radius 3 is 3.26 bits per heavy atom. The number of aromatic amines is 1. The van der Waals surface area contributed by atoms with Crippen molar-refractivity contribution in [3.63, 3.8) is 0 Å². The summed E-state index contributed by atoms with van der Waals surface area (Å²) in [4.78, 5) is 16.0. The minimum absolute atomic E-state index is 0.00989. The van der Waals surface area contributed by atoms with Crippen molar-refractivity contribution in [1.29, 1.82) is 0 Å². The zero-order valence-electron chi connectivity index (χ0n) is 9.83. The van der Waals surface area contributed by atoms with E-state index in [1.165, 1.54) is 11.3 Å². The van der Waals surface area contributed by atoms with Crippen molar-refractivity contribution >= 4 is 11.3 Å². The summed E-state index contributed by atoms with van der Waals surface area (Å²) in [6, 6.07) is 0.00989. The average molecular weight is 274 g/mol. The second-order valence-electron chi connectivity index (χ2n) is 4.30. The molecule has 8 heteroatoms. The third kappa shape index (κ3) is 1.85. The van der Waals surface area contributed by atoms with E-state index in [9.17, 15) is 0 Å². The van der Waals surface area contributed by atoms with Gasteiger partial charge in [0.15, 0.2) is 0 Å². The van der Waals surface area contributed by atoms with E-state index in [4.69, 9.17) is 4.52 Å². The molecule has 19 heavy (non-hydrogen) atoms. The highest BCUT2D eigenvalue weighted by Gasteiger charge is 2.26. The Kier molecular flexibility index (Phi) is 2.42. The minimum Gasteiger partial charge on any atom is -0.347 e. The van der Waals surface area contributed by atoms with Crippen LogP contribution in [-0.2, 0) is 13.0 Å². The number of rotatable bonds is 2.